The summed E-state index contributed by atoms with van der Waals surface area (Å²) in [6, 6.07) is 15.1. The molecule has 4 aromatic rings. The lowest BCUT2D eigenvalue weighted by molar-refractivity contribution is -0.832. The molecule has 0 radical (unpaired) electrons. The van der Waals surface area contributed by atoms with Crippen LogP contribution >= 0.6 is 0 Å². The van der Waals surface area contributed by atoms with Gasteiger partial charge in [0.2, 0.25) is 13.6 Å². The van der Waals surface area contributed by atoms with Gasteiger partial charge in [0.1, 0.15) is 6.10 Å². The number of fused-ring (bicyclic) bond motifs is 8. The number of rotatable bonds is 12. The van der Waals surface area contributed by atoms with Crippen LogP contribution in [0.3, 0.4) is 0 Å². The van der Waals surface area contributed by atoms with Crippen molar-refractivity contribution >= 4 is 21.8 Å². The van der Waals surface area contributed by atoms with E-state index in [0.29, 0.717) is 36.0 Å². The van der Waals surface area contributed by atoms with E-state index in [9.17, 15) is 23.2 Å². The van der Waals surface area contributed by atoms with Gasteiger partial charge in [0, 0.05) is 49.8 Å². The number of sulfone groups is 1. The lowest BCUT2D eigenvalue weighted by Gasteiger charge is -2.47. The molecule has 0 saturated heterocycles. The molecule has 3 atom stereocenters. The molecule has 17 heteroatoms. The van der Waals surface area contributed by atoms with Gasteiger partial charge >= 0.3 is 22.8 Å². The third-order valence-electron chi connectivity index (χ3n) is 9.72. The van der Waals surface area contributed by atoms with E-state index in [1.807, 2.05) is 31.3 Å². The summed E-state index contributed by atoms with van der Waals surface area (Å²) in [4.78, 5) is 27.6. The van der Waals surface area contributed by atoms with E-state index in [1.54, 1.807) is 6.07 Å². The highest BCUT2D eigenvalue weighted by Gasteiger charge is 2.47. The van der Waals surface area contributed by atoms with E-state index < -0.39 is 38.8 Å². The SMILES string of the molecule is CN1Cc2c(ccc3c2OCO3)[C@H]2[C@@H](OC(=O)CCCC(=O)OCCCOc3no[n+]([O-])c3S(=O)(=O)c3ccccc3)Cc3cc4c(cc3[C@H]21)OCO4. The Morgan fingerprint density at radius 1 is 0.925 bits per heavy atom. The van der Waals surface area contributed by atoms with Crippen molar-refractivity contribution in [3.05, 3.63) is 82.1 Å². The van der Waals surface area contributed by atoms with Crippen molar-refractivity contribution in [2.45, 2.75) is 66.6 Å². The molecule has 0 fully saturated rings. The molecular weight excluding hydrogens is 714 g/mol. The standard InChI is InChI=1S/C36H35N3O13S/c1-38-18-25-23(11-12-26-34(25)50-20-47-26)32-29(16-21-15-27-28(49-19-48-27)17-24(21)33(32)38)51-31(41)10-5-9-30(40)45-13-6-14-46-35-36(39(42)52-37-35)53(43,44)22-7-3-2-4-8-22/h2-4,7-8,11-12,15,17,29,32-33H,5-6,9-10,13-14,16,18-20H2,1H3/t29-,32-,33+/m0/s1. The summed E-state index contributed by atoms with van der Waals surface area (Å²) in [7, 11) is -2.22. The first-order valence-electron chi connectivity index (χ1n) is 17.1. The second kappa shape index (κ2) is 14.1. The van der Waals surface area contributed by atoms with Crippen LogP contribution in [0.2, 0.25) is 0 Å². The lowest BCUT2D eigenvalue weighted by Crippen LogP contribution is -2.45. The number of hydrogen-bond donors (Lipinski definition) is 0. The predicted octanol–water partition coefficient (Wildman–Crippen LogP) is 3.52. The maximum Gasteiger partial charge on any atom is 0.414 e. The highest BCUT2D eigenvalue weighted by Crippen LogP contribution is 2.54. The molecule has 3 aromatic carbocycles. The minimum atomic E-state index is -4.25. The number of ether oxygens (including phenoxy) is 7. The van der Waals surface area contributed by atoms with Crippen molar-refractivity contribution in [1.29, 1.82) is 0 Å². The first kappa shape index (κ1) is 34.5. The molecule has 1 aromatic heterocycles. The number of likely N-dealkylation sites (N-methyl/N-ethyl adjacent to an activating group) is 1. The van der Waals surface area contributed by atoms with Crippen LogP contribution in [-0.4, -0.2) is 70.4 Å². The van der Waals surface area contributed by atoms with Crippen LogP contribution in [0.5, 0.6) is 28.9 Å². The topological polar surface area (TPSA) is 189 Å². The van der Waals surface area contributed by atoms with E-state index >= 15 is 0 Å². The number of hydrogen-bond acceptors (Lipinski definition) is 15. The molecule has 53 heavy (non-hydrogen) atoms. The minimum Gasteiger partial charge on any atom is -0.466 e. The molecule has 4 heterocycles. The maximum atomic E-state index is 13.3. The Balaban J connectivity index is 0.854. The summed E-state index contributed by atoms with van der Waals surface area (Å²) in [6.45, 7) is 0.755. The fraction of sp³-hybridized carbons (Fsp3) is 0.389. The van der Waals surface area contributed by atoms with E-state index in [-0.39, 0.29) is 74.2 Å². The summed E-state index contributed by atoms with van der Waals surface area (Å²) in [5.74, 6) is 1.11. The van der Waals surface area contributed by atoms with Gasteiger partial charge in [-0.15, -0.1) is 0 Å². The number of benzene rings is 3. The molecule has 0 amide bonds. The highest BCUT2D eigenvalue weighted by molar-refractivity contribution is 7.91. The Hall–Kier alpha value is -5.55. The van der Waals surface area contributed by atoms with Gasteiger partial charge in [0.25, 0.3) is 9.84 Å². The molecule has 0 N–H and O–H groups in total. The van der Waals surface area contributed by atoms with Crippen LogP contribution in [0.25, 0.3) is 0 Å². The third kappa shape index (κ3) is 6.54. The summed E-state index contributed by atoms with van der Waals surface area (Å²) in [6.07, 6.45) is 0.331. The van der Waals surface area contributed by atoms with Gasteiger partial charge in [0.15, 0.2) is 23.0 Å². The van der Waals surface area contributed by atoms with Crippen LogP contribution < -0.4 is 28.6 Å². The van der Waals surface area contributed by atoms with Crippen LogP contribution in [0.4, 0.5) is 0 Å². The van der Waals surface area contributed by atoms with E-state index in [4.69, 9.17) is 33.2 Å². The van der Waals surface area contributed by atoms with Crippen molar-refractivity contribution in [1.82, 2.24) is 10.1 Å². The van der Waals surface area contributed by atoms with E-state index in [0.717, 1.165) is 22.3 Å². The number of esters is 2. The summed E-state index contributed by atoms with van der Waals surface area (Å²) < 4.78 is 70.0. The normalized spacial score (nSPS) is 19.5. The minimum absolute atomic E-state index is 0.00392. The van der Waals surface area contributed by atoms with Crippen LogP contribution in [-0.2, 0) is 41.9 Å². The fourth-order valence-electron chi connectivity index (χ4n) is 7.39. The predicted molar refractivity (Wildman–Crippen MR) is 178 cm³/mol. The Morgan fingerprint density at radius 2 is 1.68 bits per heavy atom. The Kier molecular flexibility index (Phi) is 9.20. The zero-order valence-electron chi connectivity index (χ0n) is 28.6. The van der Waals surface area contributed by atoms with Crippen molar-refractivity contribution < 1.29 is 60.7 Å². The third-order valence-corrected chi connectivity index (χ3v) is 11.5. The molecule has 0 unspecified atom stereocenters. The quantitative estimate of drug-likeness (QED) is 0.116. The van der Waals surface area contributed by atoms with Crippen molar-refractivity contribution in [2.24, 2.45) is 0 Å². The molecule has 3 aliphatic heterocycles. The monoisotopic (exact) mass is 749 g/mol. The second-order valence-electron chi connectivity index (χ2n) is 13.0. The van der Waals surface area contributed by atoms with Crippen molar-refractivity contribution in [3.63, 3.8) is 0 Å². The lowest BCUT2D eigenvalue weighted by atomic mass is 9.70. The molecule has 1 aliphatic carbocycles. The molecule has 278 valence electrons. The van der Waals surface area contributed by atoms with Crippen LogP contribution in [0.1, 0.15) is 59.9 Å². The first-order valence-corrected chi connectivity index (χ1v) is 18.6. The molecule has 0 bridgehead atoms. The van der Waals surface area contributed by atoms with E-state index in [2.05, 4.69) is 14.7 Å². The molecular formula is C36H35N3O13S. The Morgan fingerprint density at radius 3 is 2.51 bits per heavy atom. The number of aromatic nitrogens is 2. The molecule has 0 spiro atoms. The maximum absolute atomic E-state index is 13.3. The van der Waals surface area contributed by atoms with Gasteiger partial charge in [-0.25, -0.2) is 8.42 Å². The van der Waals surface area contributed by atoms with Gasteiger partial charge in [-0.1, -0.05) is 24.3 Å². The first-order chi connectivity index (χ1) is 25.7. The zero-order chi connectivity index (χ0) is 36.7. The molecule has 4 aliphatic rings. The van der Waals surface area contributed by atoms with Gasteiger partial charge in [-0.2, -0.15) is 0 Å². The largest absolute Gasteiger partial charge is 0.466 e. The second-order valence-corrected chi connectivity index (χ2v) is 14.9. The molecule has 0 saturated carbocycles. The number of carbonyl (C=O) groups is 2. The van der Waals surface area contributed by atoms with E-state index in [1.165, 1.54) is 24.3 Å². The Bertz CT molecular complexity index is 2160. The molecule has 16 nitrogen and oxygen atoms in total. The van der Waals surface area contributed by atoms with Gasteiger partial charge in [0.05, 0.1) is 23.3 Å². The fourth-order valence-corrected chi connectivity index (χ4v) is 8.68. The van der Waals surface area contributed by atoms with Gasteiger partial charge in [-0.05, 0) is 65.4 Å². The average molecular weight is 750 g/mol. The Labute approximate surface area is 303 Å². The average Bonchev–Trinajstić information content (AvgIpc) is 3.91. The smallest absolute Gasteiger partial charge is 0.414 e. The molecule has 8 rings (SSSR count). The van der Waals surface area contributed by atoms with Crippen LogP contribution in [0.15, 0.2) is 69.1 Å². The van der Waals surface area contributed by atoms with Gasteiger partial charge < -0.3 is 38.4 Å². The van der Waals surface area contributed by atoms with Gasteiger partial charge in [-0.3, -0.25) is 19.1 Å². The zero-order valence-corrected chi connectivity index (χ0v) is 29.4. The number of carbonyl (C=O) groups excluding carboxylic acids is 2. The van der Waals surface area contributed by atoms with Crippen molar-refractivity contribution in [3.8, 4) is 28.9 Å². The van der Waals surface area contributed by atoms with Crippen molar-refractivity contribution in [2.75, 3.05) is 33.8 Å². The summed E-state index contributed by atoms with van der Waals surface area (Å²) >= 11 is 0. The summed E-state index contributed by atoms with van der Waals surface area (Å²) in [5.41, 5.74) is 4.16. The number of nitrogens with zero attached hydrogens (tertiary/aromatic N) is 3. The summed E-state index contributed by atoms with van der Waals surface area (Å²) in [5, 5.41) is 14.7. The van der Waals surface area contributed by atoms with Crippen LogP contribution in [0, 0.1) is 5.21 Å². The highest BCUT2D eigenvalue weighted by atomic mass is 32.2.